The van der Waals surface area contributed by atoms with Gasteiger partial charge in [0.15, 0.2) is 5.96 Å². The molecular formula is C19H30IN5. The minimum atomic E-state index is 0. The van der Waals surface area contributed by atoms with Crippen LogP contribution in [0.2, 0.25) is 0 Å². The average molecular weight is 455 g/mol. The first-order chi connectivity index (χ1) is 11.8. The van der Waals surface area contributed by atoms with Gasteiger partial charge in [0.1, 0.15) is 0 Å². The van der Waals surface area contributed by atoms with Crippen molar-refractivity contribution in [3.8, 4) is 0 Å². The molecule has 1 aromatic rings. The van der Waals surface area contributed by atoms with Crippen molar-refractivity contribution in [1.29, 1.82) is 0 Å². The van der Waals surface area contributed by atoms with Crippen LogP contribution in [-0.2, 0) is 6.42 Å². The Morgan fingerprint density at radius 3 is 2.60 bits per heavy atom. The predicted octanol–water partition coefficient (Wildman–Crippen LogP) is 1.50. The Kier molecular flexibility index (Phi) is 6.57. The van der Waals surface area contributed by atoms with E-state index in [9.17, 15) is 0 Å². The van der Waals surface area contributed by atoms with E-state index in [1.165, 1.54) is 56.7 Å². The van der Waals surface area contributed by atoms with Gasteiger partial charge in [-0.1, -0.05) is 24.3 Å². The molecule has 4 aliphatic rings. The van der Waals surface area contributed by atoms with Gasteiger partial charge in [-0.15, -0.1) is 24.0 Å². The zero-order valence-corrected chi connectivity index (χ0v) is 17.4. The van der Waals surface area contributed by atoms with Gasteiger partial charge in [-0.25, -0.2) is 0 Å². The molecule has 6 heteroatoms. The van der Waals surface area contributed by atoms with Crippen LogP contribution >= 0.6 is 24.0 Å². The Morgan fingerprint density at radius 1 is 1.12 bits per heavy atom. The second-order valence-corrected chi connectivity index (χ2v) is 7.26. The van der Waals surface area contributed by atoms with Crippen molar-refractivity contribution in [2.45, 2.75) is 24.8 Å². The normalized spacial score (nSPS) is 30.5. The zero-order chi connectivity index (χ0) is 16.4. The number of fused-ring (bicyclic) bond motifs is 4. The van der Waals surface area contributed by atoms with E-state index < -0.39 is 0 Å². The Labute approximate surface area is 168 Å². The summed E-state index contributed by atoms with van der Waals surface area (Å²) in [5.41, 5.74) is 3.04. The minimum Gasteiger partial charge on any atom is -0.356 e. The molecule has 2 N–H and O–H groups in total. The summed E-state index contributed by atoms with van der Waals surface area (Å²) in [6.45, 7) is 8.07. The number of halogens is 1. The highest BCUT2D eigenvalue weighted by atomic mass is 127. The number of aryl methyl sites for hydroxylation is 1. The molecule has 0 saturated carbocycles. The Morgan fingerprint density at radius 2 is 1.88 bits per heavy atom. The summed E-state index contributed by atoms with van der Waals surface area (Å²) in [6.07, 6.45) is 2.45. The third-order valence-electron chi connectivity index (χ3n) is 5.89. The van der Waals surface area contributed by atoms with Crippen LogP contribution in [0, 0.1) is 0 Å². The third-order valence-corrected chi connectivity index (χ3v) is 5.89. The van der Waals surface area contributed by atoms with Gasteiger partial charge in [-0.05, 0) is 24.0 Å². The molecule has 2 atom stereocenters. The summed E-state index contributed by atoms with van der Waals surface area (Å²) in [7, 11) is 1.87. The maximum atomic E-state index is 4.41. The molecule has 5 nitrogen and oxygen atoms in total. The topological polar surface area (TPSA) is 42.9 Å². The van der Waals surface area contributed by atoms with Gasteiger partial charge in [0, 0.05) is 64.8 Å². The first-order valence-electron chi connectivity index (χ1n) is 9.32. The molecule has 3 heterocycles. The van der Waals surface area contributed by atoms with Gasteiger partial charge in [0.05, 0.1) is 0 Å². The van der Waals surface area contributed by atoms with E-state index in [0.717, 1.165) is 19.0 Å². The van der Waals surface area contributed by atoms with Crippen LogP contribution in [0.15, 0.2) is 29.3 Å². The smallest absolute Gasteiger partial charge is 0.191 e. The number of piperazine rings is 3. The minimum absolute atomic E-state index is 0. The molecular weight excluding hydrogens is 425 g/mol. The van der Waals surface area contributed by atoms with Crippen molar-refractivity contribution < 1.29 is 0 Å². The quantitative estimate of drug-likeness (QED) is 0.411. The van der Waals surface area contributed by atoms with Crippen LogP contribution in [0.25, 0.3) is 0 Å². The molecule has 0 spiro atoms. The molecule has 138 valence electrons. The van der Waals surface area contributed by atoms with Gasteiger partial charge >= 0.3 is 0 Å². The molecule has 0 amide bonds. The van der Waals surface area contributed by atoms with Crippen molar-refractivity contribution in [2.24, 2.45) is 4.99 Å². The van der Waals surface area contributed by atoms with E-state index in [2.05, 4.69) is 49.7 Å². The largest absolute Gasteiger partial charge is 0.356 e. The van der Waals surface area contributed by atoms with E-state index in [0.29, 0.717) is 12.0 Å². The predicted molar refractivity (Wildman–Crippen MR) is 114 cm³/mol. The fraction of sp³-hybridized carbons (Fsp3) is 0.632. The molecule has 0 aromatic heterocycles. The highest BCUT2D eigenvalue weighted by Crippen LogP contribution is 2.32. The highest BCUT2D eigenvalue weighted by Gasteiger charge is 2.31. The van der Waals surface area contributed by atoms with Crippen LogP contribution < -0.4 is 10.6 Å². The number of aliphatic imine (C=N–C) groups is 1. The van der Waals surface area contributed by atoms with Crippen LogP contribution in [0.3, 0.4) is 0 Å². The Hall–Kier alpha value is -0.860. The molecule has 2 bridgehead atoms. The lowest BCUT2D eigenvalue weighted by Crippen LogP contribution is -2.63. The number of benzene rings is 1. The lowest BCUT2D eigenvalue weighted by molar-refractivity contribution is 0.0154. The average Bonchev–Trinajstić information content (AvgIpc) is 3.06. The fourth-order valence-corrected chi connectivity index (χ4v) is 4.43. The summed E-state index contributed by atoms with van der Waals surface area (Å²) < 4.78 is 0. The standard InChI is InChI=1S/C19H29N5.HI/c1-20-19(22-13-17-14-23-8-10-24(17)11-9-23)21-12-16-7-6-15-4-2-3-5-18(15)16;/h2-5,16-17H,6-14H2,1H3,(H2,20,21,22);1H. The van der Waals surface area contributed by atoms with E-state index in [-0.39, 0.29) is 24.0 Å². The first-order valence-corrected chi connectivity index (χ1v) is 9.32. The van der Waals surface area contributed by atoms with Crippen molar-refractivity contribution in [1.82, 2.24) is 20.4 Å². The maximum Gasteiger partial charge on any atom is 0.191 e. The highest BCUT2D eigenvalue weighted by molar-refractivity contribution is 14.0. The molecule has 25 heavy (non-hydrogen) atoms. The number of hydrogen-bond donors (Lipinski definition) is 2. The van der Waals surface area contributed by atoms with Crippen molar-refractivity contribution in [2.75, 3.05) is 52.9 Å². The second-order valence-electron chi connectivity index (χ2n) is 7.26. The summed E-state index contributed by atoms with van der Waals surface area (Å²) in [5.74, 6) is 1.55. The van der Waals surface area contributed by atoms with Gasteiger partial charge in [0.2, 0.25) is 0 Å². The number of guanidine groups is 1. The van der Waals surface area contributed by atoms with E-state index in [1.54, 1.807) is 0 Å². The molecule has 1 aromatic carbocycles. The monoisotopic (exact) mass is 455 g/mol. The van der Waals surface area contributed by atoms with Crippen LogP contribution in [0.5, 0.6) is 0 Å². The lowest BCUT2D eigenvalue weighted by atomic mass is 10.0. The van der Waals surface area contributed by atoms with E-state index in [4.69, 9.17) is 0 Å². The first kappa shape index (κ1) is 18.9. The van der Waals surface area contributed by atoms with Crippen LogP contribution in [0.1, 0.15) is 23.5 Å². The number of nitrogens with one attached hydrogen (secondary N) is 2. The summed E-state index contributed by atoms with van der Waals surface area (Å²) in [5, 5.41) is 7.09. The van der Waals surface area contributed by atoms with Crippen LogP contribution in [-0.4, -0.2) is 74.7 Å². The summed E-state index contributed by atoms with van der Waals surface area (Å²) in [6, 6.07) is 9.48. The molecule has 3 fully saturated rings. The molecule has 3 saturated heterocycles. The van der Waals surface area contributed by atoms with Crippen LogP contribution in [0.4, 0.5) is 0 Å². The van der Waals surface area contributed by atoms with E-state index in [1.807, 2.05) is 7.05 Å². The summed E-state index contributed by atoms with van der Waals surface area (Å²) in [4.78, 5) is 9.61. The Balaban J connectivity index is 0.00000182. The molecule has 1 aliphatic carbocycles. The molecule has 0 radical (unpaired) electrons. The zero-order valence-electron chi connectivity index (χ0n) is 15.1. The number of hydrogen-bond acceptors (Lipinski definition) is 3. The van der Waals surface area contributed by atoms with Gasteiger partial charge in [-0.3, -0.25) is 14.8 Å². The van der Waals surface area contributed by atoms with Gasteiger partial charge < -0.3 is 10.6 Å². The number of rotatable bonds is 4. The second kappa shape index (κ2) is 8.68. The van der Waals surface area contributed by atoms with Crippen molar-refractivity contribution >= 4 is 29.9 Å². The molecule has 2 unspecified atom stereocenters. The molecule has 3 aliphatic heterocycles. The maximum absolute atomic E-state index is 4.41. The summed E-state index contributed by atoms with van der Waals surface area (Å²) >= 11 is 0. The van der Waals surface area contributed by atoms with Crippen molar-refractivity contribution in [3.05, 3.63) is 35.4 Å². The van der Waals surface area contributed by atoms with Crippen molar-refractivity contribution in [3.63, 3.8) is 0 Å². The van der Waals surface area contributed by atoms with Gasteiger partial charge in [-0.2, -0.15) is 0 Å². The number of nitrogens with zero attached hydrogens (tertiary/aromatic N) is 3. The third kappa shape index (κ3) is 4.28. The lowest BCUT2D eigenvalue weighted by Gasteiger charge is -2.47. The Bertz CT molecular complexity index is 597. The van der Waals surface area contributed by atoms with Gasteiger partial charge in [0.25, 0.3) is 0 Å². The fourth-order valence-electron chi connectivity index (χ4n) is 4.43. The van der Waals surface area contributed by atoms with E-state index >= 15 is 0 Å². The molecule has 5 rings (SSSR count). The SMILES string of the molecule is CN=C(NCC1CCc2ccccc21)NCC1CN2CCN1CC2.I.